The summed E-state index contributed by atoms with van der Waals surface area (Å²) in [6.07, 6.45) is 9.50. The maximum absolute atomic E-state index is 4.30. The van der Waals surface area contributed by atoms with Gasteiger partial charge in [0.05, 0.1) is 0 Å². The van der Waals surface area contributed by atoms with Crippen LogP contribution in [0.3, 0.4) is 0 Å². The van der Waals surface area contributed by atoms with Gasteiger partial charge in [-0.1, -0.05) is 12.2 Å². The summed E-state index contributed by atoms with van der Waals surface area (Å²) < 4.78 is 0. The van der Waals surface area contributed by atoms with E-state index in [1.54, 1.807) is 11.3 Å². The number of thiazole rings is 1. The lowest BCUT2D eigenvalue weighted by molar-refractivity contribution is 0.326. The molecule has 1 fully saturated rings. The van der Waals surface area contributed by atoms with E-state index in [2.05, 4.69) is 29.4 Å². The summed E-state index contributed by atoms with van der Waals surface area (Å²) in [7, 11) is 0. The Kier molecular flexibility index (Phi) is 2.82. The van der Waals surface area contributed by atoms with Crippen LogP contribution in [0.25, 0.3) is 0 Å². The Balaban J connectivity index is 1.54. The van der Waals surface area contributed by atoms with Gasteiger partial charge in [-0.15, -0.1) is 11.3 Å². The third kappa shape index (κ3) is 1.94. The fourth-order valence-corrected chi connectivity index (χ4v) is 3.71. The van der Waals surface area contributed by atoms with Crippen molar-refractivity contribution in [1.82, 2.24) is 10.3 Å². The molecule has 1 aromatic heterocycles. The molecule has 4 atom stereocenters. The maximum atomic E-state index is 4.30. The second-order valence-electron chi connectivity index (χ2n) is 5.04. The molecule has 2 bridgehead atoms. The molecule has 1 heterocycles. The molecule has 0 aromatic carbocycles. The molecule has 2 nitrogen and oxygen atoms in total. The van der Waals surface area contributed by atoms with Crippen molar-refractivity contribution in [3.63, 3.8) is 0 Å². The average molecular weight is 234 g/mol. The van der Waals surface area contributed by atoms with Crippen molar-refractivity contribution >= 4 is 11.3 Å². The van der Waals surface area contributed by atoms with Crippen molar-refractivity contribution in [1.29, 1.82) is 0 Å². The Morgan fingerprint density at radius 1 is 1.50 bits per heavy atom. The van der Waals surface area contributed by atoms with Gasteiger partial charge in [-0.05, 0) is 37.5 Å². The van der Waals surface area contributed by atoms with Gasteiger partial charge in [0.15, 0.2) is 0 Å². The highest BCUT2D eigenvalue weighted by Crippen LogP contribution is 2.44. The van der Waals surface area contributed by atoms with Crippen LogP contribution in [0, 0.1) is 17.8 Å². The second kappa shape index (κ2) is 4.30. The summed E-state index contributed by atoms with van der Waals surface area (Å²) >= 11 is 1.74. The molecule has 86 valence electrons. The van der Waals surface area contributed by atoms with Gasteiger partial charge in [-0.25, -0.2) is 4.98 Å². The lowest BCUT2D eigenvalue weighted by Gasteiger charge is -2.26. The highest BCUT2D eigenvalue weighted by molar-refractivity contribution is 7.09. The van der Waals surface area contributed by atoms with Crippen molar-refractivity contribution < 1.29 is 0 Å². The van der Waals surface area contributed by atoms with Gasteiger partial charge < -0.3 is 5.32 Å². The largest absolute Gasteiger partial charge is 0.308 e. The highest BCUT2D eigenvalue weighted by atomic mass is 32.1. The predicted molar refractivity (Wildman–Crippen MR) is 67.3 cm³/mol. The van der Waals surface area contributed by atoms with E-state index in [-0.39, 0.29) is 0 Å². The molecule has 2 aliphatic carbocycles. The summed E-state index contributed by atoms with van der Waals surface area (Å²) in [5, 5.41) is 6.87. The number of nitrogens with zero attached hydrogens (tertiary/aromatic N) is 1. The second-order valence-corrected chi connectivity index (χ2v) is 6.02. The van der Waals surface area contributed by atoms with E-state index in [0.29, 0.717) is 6.04 Å². The molecule has 0 saturated heterocycles. The summed E-state index contributed by atoms with van der Waals surface area (Å²) in [4.78, 5) is 4.30. The van der Waals surface area contributed by atoms with Gasteiger partial charge in [-0.2, -0.15) is 0 Å². The number of nitrogens with one attached hydrogen (secondary N) is 1. The fourth-order valence-electron chi connectivity index (χ4n) is 3.14. The average Bonchev–Trinajstić information content (AvgIpc) is 3.01. The van der Waals surface area contributed by atoms with E-state index in [1.807, 2.05) is 11.6 Å². The van der Waals surface area contributed by atoms with Crippen LogP contribution in [-0.4, -0.2) is 11.0 Å². The molecule has 3 heteroatoms. The van der Waals surface area contributed by atoms with Gasteiger partial charge in [0.2, 0.25) is 0 Å². The molecular formula is C13H18N2S. The van der Waals surface area contributed by atoms with Crippen molar-refractivity contribution in [2.75, 3.05) is 0 Å². The SMILES string of the molecule is CC(NCc1nccs1)C1CC2C=CC1C2. The van der Waals surface area contributed by atoms with E-state index in [0.717, 1.165) is 24.3 Å². The zero-order valence-corrected chi connectivity index (χ0v) is 10.4. The van der Waals surface area contributed by atoms with Crippen LogP contribution in [0.15, 0.2) is 23.7 Å². The van der Waals surface area contributed by atoms with Crippen LogP contribution < -0.4 is 5.32 Å². The van der Waals surface area contributed by atoms with E-state index in [1.165, 1.54) is 17.8 Å². The normalized spacial score (nSPS) is 33.4. The molecule has 1 N–H and O–H groups in total. The Morgan fingerprint density at radius 3 is 3.06 bits per heavy atom. The van der Waals surface area contributed by atoms with E-state index < -0.39 is 0 Å². The number of allylic oxidation sites excluding steroid dienone is 2. The summed E-state index contributed by atoms with van der Waals surface area (Å²) in [5.74, 6) is 2.55. The zero-order valence-electron chi connectivity index (χ0n) is 9.60. The molecule has 3 rings (SSSR count). The lowest BCUT2D eigenvalue weighted by atomic mass is 9.87. The molecule has 0 amide bonds. The van der Waals surface area contributed by atoms with Crippen molar-refractivity contribution in [3.05, 3.63) is 28.7 Å². The first-order valence-corrected chi connectivity index (χ1v) is 7.01. The van der Waals surface area contributed by atoms with Crippen molar-refractivity contribution in [2.24, 2.45) is 17.8 Å². The molecule has 0 aliphatic heterocycles. The quantitative estimate of drug-likeness (QED) is 0.810. The van der Waals surface area contributed by atoms with E-state index in [4.69, 9.17) is 0 Å². The smallest absolute Gasteiger partial charge is 0.106 e. The standard InChI is InChI=1S/C13H18N2S/c1-9(15-8-13-14-4-5-16-13)12-7-10-2-3-11(12)6-10/h2-5,9-12,15H,6-8H2,1H3. The van der Waals surface area contributed by atoms with Crippen LogP contribution in [0.1, 0.15) is 24.8 Å². The Morgan fingerprint density at radius 2 is 2.44 bits per heavy atom. The summed E-state index contributed by atoms with van der Waals surface area (Å²) in [6, 6.07) is 0.615. The third-order valence-corrected chi connectivity index (χ3v) is 4.81. The molecule has 16 heavy (non-hydrogen) atoms. The zero-order chi connectivity index (χ0) is 11.0. The first kappa shape index (κ1) is 10.5. The van der Waals surface area contributed by atoms with Crippen LogP contribution in [-0.2, 0) is 6.54 Å². The number of hydrogen-bond acceptors (Lipinski definition) is 3. The minimum atomic E-state index is 0.615. The molecule has 0 spiro atoms. The maximum Gasteiger partial charge on any atom is 0.106 e. The molecule has 4 unspecified atom stereocenters. The van der Waals surface area contributed by atoms with Gasteiger partial charge in [-0.3, -0.25) is 0 Å². The predicted octanol–water partition coefficient (Wildman–Crippen LogP) is 2.83. The molecule has 1 saturated carbocycles. The van der Waals surface area contributed by atoms with Gasteiger partial charge in [0.25, 0.3) is 0 Å². The lowest BCUT2D eigenvalue weighted by Crippen LogP contribution is -2.35. The van der Waals surface area contributed by atoms with Crippen LogP contribution >= 0.6 is 11.3 Å². The Hall–Kier alpha value is -0.670. The Bertz CT molecular complexity index is 371. The van der Waals surface area contributed by atoms with Crippen molar-refractivity contribution in [3.8, 4) is 0 Å². The number of fused-ring (bicyclic) bond motifs is 2. The van der Waals surface area contributed by atoms with Gasteiger partial charge >= 0.3 is 0 Å². The number of rotatable bonds is 4. The Labute approximate surface area is 101 Å². The minimum absolute atomic E-state index is 0.615. The number of aromatic nitrogens is 1. The van der Waals surface area contributed by atoms with E-state index in [9.17, 15) is 0 Å². The highest BCUT2D eigenvalue weighted by Gasteiger charge is 2.38. The van der Waals surface area contributed by atoms with Crippen LogP contribution in [0.5, 0.6) is 0 Å². The summed E-state index contributed by atoms with van der Waals surface area (Å²) in [5.41, 5.74) is 0. The third-order valence-electron chi connectivity index (χ3n) is 4.03. The van der Waals surface area contributed by atoms with Crippen LogP contribution in [0.4, 0.5) is 0 Å². The van der Waals surface area contributed by atoms with E-state index >= 15 is 0 Å². The fraction of sp³-hybridized carbons (Fsp3) is 0.615. The van der Waals surface area contributed by atoms with Crippen LogP contribution in [0.2, 0.25) is 0 Å². The first-order valence-electron chi connectivity index (χ1n) is 6.13. The summed E-state index contributed by atoms with van der Waals surface area (Å²) in [6.45, 7) is 3.25. The minimum Gasteiger partial charge on any atom is -0.308 e. The van der Waals surface area contributed by atoms with Gasteiger partial charge in [0.1, 0.15) is 5.01 Å². The first-order chi connectivity index (χ1) is 7.83. The molecule has 2 aliphatic rings. The number of hydrogen-bond donors (Lipinski definition) is 1. The molecule has 0 radical (unpaired) electrons. The monoisotopic (exact) mass is 234 g/mol. The topological polar surface area (TPSA) is 24.9 Å². The van der Waals surface area contributed by atoms with Crippen molar-refractivity contribution in [2.45, 2.75) is 32.4 Å². The van der Waals surface area contributed by atoms with Gasteiger partial charge in [0, 0.05) is 24.2 Å². The molecular weight excluding hydrogens is 216 g/mol. The molecule has 1 aromatic rings.